The lowest BCUT2D eigenvalue weighted by Gasteiger charge is -2.09. The smallest absolute Gasteiger partial charge is 0.166 e. The molecule has 0 aliphatic rings. The van der Waals surface area contributed by atoms with Gasteiger partial charge in [0, 0.05) is 6.54 Å². The first kappa shape index (κ1) is 19.0. The monoisotopic (exact) mass is 324 g/mol. The van der Waals surface area contributed by atoms with E-state index >= 15 is 0 Å². The van der Waals surface area contributed by atoms with Gasteiger partial charge < -0.3 is 15.1 Å². The molecule has 126 valence electrons. The van der Waals surface area contributed by atoms with E-state index in [1.165, 1.54) is 64.2 Å². The van der Waals surface area contributed by atoms with Gasteiger partial charge in [0.05, 0.1) is 12.8 Å². The van der Waals surface area contributed by atoms with Crippen molar-refractivity contribution >= 4 is 17.3 Å². The fourth-order valence-corrected chi connectivity index (χ4v) is 2.63. The Morgan fingerprint density at radius 1 is 0.955 bits per heavy atom. The molecule has 0 saturated heterocycles. The second-order valence-electron chi connectivity index (χ2n) is 5.87. The van der Waals surface area contributed by atoms with Gasteiger partial charge in [0.1, 0.15) is 5.76 Å². The molecule has 0 aliphatic heterocycles. The topological polar surface area (TPSA) is 37.2 Å². The first-order chi connectivity index (χ1) is 10.8. The van der Waals surface area contributed by atoms with Crippen LogP contribution in [0.2, 0.25) is 0 Å². The SMILES string of the molecule is CCCCCCCCCCCCNC(=S)NCc1ccco1. The van der Waals surface area contributed by atoms with E-state index in [4.69, 9.17) is 16.6 Å². The van der Waals surface area contributed by atoms with E-state index in [-0.39, 0.29) is 0 Å². The number of thiocarbonyl (C=S) groups is 1. The number of hydrogen-bond acceptors (Lipinski definition) is 2. The van der Waals surface area contributed by atoms with E-state index in [9.17, 15) is 0 Å². The van der Waals surface area contributed by atoms with Crippen LogP contribution in [0.15, 0.2) is 22.8 Å². The predicted molar refractivity (Wildman–Crippen MR) is 98.0 cm³/mol. The summed E-state index contributed by atoms with van der Waals surface area (Å²) in [5.41, 5.74) is 0. The van der Waals surface area contributed by atoms with Crippen LogP contribution >= 0.6 is 12.2 Å². The largest absolute Gasteiger partial charge is 0.467 e. The van der Waals surface area contributed by atoms with Crippen molar-refractivity contribution in [3.05, 3.63) is 24.2 Å². The Bertz CT molecular complexity index is 365. The Balaban J connectivity index is 1.80. The molecule has 0 aromatic carbocycles. The lowest BCUT2D eigenvalue weighted by atomic mass is 10.1. The van der Waals surface area contributed by atoms with Crippen LogP contribution in [0.3, 0.4) is 0 Å². The molecule has 0 bridgehead atoms. The summed E-state index contributed by atoms with van der Waals surface area (Å²) in [6.45, 7) is 3.88. The van der Waals surface area contributed by atoms with Gasteiger partial charge in [0.2, 0.25) is 0 Å². The normalized spacial score (nSPS) is 10.6. The molecule has 0 atom stereocenters. The standard InChI is InChI=1S/C18H32N2OS/c1-2-3-4-5-6-7-8-9-10-11-14-19-18(22)20-16-17-13-12-15-21-17/h12-13,15H,2-11,14,16H2,1H3,(H2,19,20,22). The molecule has 0 amide bonds. The summed E-state index contributed by atoms with van der Waals surface area (Å²) in [5, 5.41) is 7.11. The second-order valence-corrected chi connectivity index (χ2v) is 6.28. The summed E-state index contributed by atoms with van der Waals surface area (Å²) < 4.78 is 5.25. The molecule has 4 heteroatoms. The minimum atomic E-state index is 0.650. The van der Waals surface area contributed by atoms with Crippen LogP contribution in [-0.4, -0.2) is 11.7 Å². The van der Waals surface area contributed by atoms with Crippen molar-refractivity contribution < 1.29 is 4.42 Å². The minimum Gasteiger partial charge on any atom is -0.467 e. The molecule has 0 saturated carbocycles. The minimum absolute atomic E-state index is 0.650. The maximum atomic E-state index is 5.25. The number of unbranched alkanes of at least 4 members (excludes halogenated alkanes) is 9. The Morgan fingerprint density at radius 2 is 1.59 bits per heavy atom. The maximum absolute atomic E-state index is 5.25. The summed E-state index contributed by atoms with van der Waals surface area (Å²) >= 11 is 5.23. The van der Waals surface area contributed by atoms with Gasteiger partial charge in [0.15, 0.2) is 5.11 Å². The van der Waals surface area contributed by atoms with Crippen LogP contribution in [0.4, 0.5) is 0 Å². The average Bonchev–Trinajstić information content (AvgIpc) is 3.04. The van der Waals surface area contributed by atoms with Crippen LogP contribution in [0.1, 0.15) is 76.9 Å². The van der Waals surface area contributed by atoms with E-state index in [1.807, 2.05) is 12.1 Å². The summed E-state index contributed by atoms with van der Waals surface area (Å²) in [5.74, 6) is 0.906. The molecule has 0 radical (unpaired) electrons. The van der Waals surface area contributed by atoms with Gasteiger partial charge in [-0.2, -0.15) is 0 Å². The summed E-state index contributed by atoms with van der Waals surface area (Å²) in [7, 11) is 0. The summed E-state index contributed by atoms with van der Waals surface area (Å²) in [6.07, 6.45) is 15.3. The van der Waals surface area contributed by atoms with Gasteiger partial charge in [-0.05, 0) is 30.8 Å². The highest BCUT2D eigenvalue weighted by atomic mass is 32.1. The van der Waals surface area contributed by atoms with Crippen molar-refractivity contribution in [2.24, 2.45) is 0 Å². The highest BCUT2D eigenvalue weighted by molar-refractivity contribution is 7.80. The zero-order chi connectivity index (χ0) is 15.9. The number of rotatable bonds is 13. The number of nitrogens with one attached hydrogen (secondary N) is 2. The van der Waals surface area contributed by atoms with Gasteiger partial charge in [-0.1, -0.05) is 64.7 Å². The summed E-state index contributed by atoms with van der Waals surface area (Å²) in [6, 6.07) is 3.83. The third-order valence-corrected chi connectivity index (χ3v) is 4.11. The van der Waals surface area contributed by atoms with Crippen LogP contribution in [0.5, 0.6) is 0 Å². The molecule has 0 aliphatic carbocycles. The maximum Gasteiger partial charge on any atom is 0.166 e. The Kier molecular flexibility index (Phi) is 11.8. The van der Waals surface area contributed by atoms with Crippen LogP contribution in [0, 0.1) is 0 Å². The van der Waals surface area contributed by atoms with Crippen molar-refractivity contribution in [1.29, 1.82) is 0 Å². The van der Waals surface area contributed by atoms with Crippen molar-refractivity contribution in [3.8, 4) is 0 Å². The molecule has 3 nitrogen and oxygen atoms in total. The molecular weight excluding hydrogens is 292 g/mol. The van der Waals surface area contributed by atoms with E-state index < -0.39 is 0 Å². The zero-order valence-electron chi connectivity index (χ0n) is 14.0. The van der Waals surface area contributed by atoms with Crippen molar-refractivity contribution in [1.82, 2.24) is 10.6 Å². The zero-order valence-corrected chi connectivity index (χ0v) is 14.9. The lowest BCUT2D eigenvalue weighted by molar-refractivity contribution is 0.502. The molecule has 22 heavy (non-hydrogen) atoms. The first-order valence-electron chi connectivity index (χ1n) is 8.87. The quantitative estimate of drug-likeness (QED) is 0.388. The highest BCUT2D eigenvalue weighted by Gasteiger charge is 1.98. The molecule has 2 N–H and O–H groups in total. The molecule has 1 rings (SSSR count). The van der Waals surface area contributed by atoms with Gasteiger partial charge in [-0.3, -0.25) is 0 Å². The molecule has 0 unspecified atom stereocenters. The first-order valence-corrected chi connectivity index (χ1v) is 9.28. The Morgan fingerprint density at radius 3 is 2.18 bits per heavy atom. The third-order valence-electron chi connectivity index (χ3n) is 3.82. The van der Waals surface area contributed by atoms with E-state index in [1.54, 1.807) is 6.26 Å². The third kappa shape index (κ3) is 10.7. The van der Waals surface area contributed by atoms with E-state index in [0.29, 0.717) is 11.7 Å². The average molecular weight is 325 g/mol. The van der Waals surface area contributed by atoms with Crippen LogP contribution in [-0.2, 0) is 6.54 Å². The molecule has 0 spiro atoms. The van der Waals surface area contributed by atoms with E-state index in [0.717, 1.165) is 12.3 Å². The van der Waals surface area contributed by atoms with Crippen LogP contribution < -0.4 is 10.6 Å². The van der Waals surface area contributed by atoms with Gasteiger partial charge in [-0.15, -0.1) is 0 Å². The van der Waals surface area contributed by atoms with Crippen molar-refractivity contribution in [2.75, 3.05) is 6.54 Å². The predicted octanol–water partition coefficient (Wildman–Crippen LogP) is 5.16. The molecule has 1 aromatic heterocycles. The van der Waals surface area contributed by atoms with E-state index in [2.05, 4.69) is 17.6 Å². The van der Waals surface area contributed by atoms with Crippen molar-refractivity contribution in [2.45, 2.75) is 77.7 Å². The Hall–Kier alpha value is -1.03. The summed E-state index contributed by atoms with van der Waals surface area (Å²) in [4.78, 5) is 0. The highest BCUT2D eigenvalue weighted by Crippen LogP contribution is 2.10. The van der Waals surface area contributed by atoms with Gasteiger partial charge in [-0.25, -0.2) is 0 Å². The number of hydrogen-bond donors (Lipinski definition) is 2. The van der Waals surface area contributed by atoms with Gasteiger partial charge in [0.25, 0.3) is 0 Å². The second kappa shape index (κ2) is 13.6. The van der Waals surface area contributed by atoms with Crippen LogP contribution in [0.25, 0.3) is 0 Å². The molecule has 1 aromatic rings. The fraction of sp³-hybridized carbons (Fsp3) is 0.722. The molecule has 0 fully saturated rings. The number of furan rings is 1. The molecule has 1 heterocycles. The lowest BCUT2D eigenvalue weighted by Crippen LogP contribution is -2.35. The fourth-order valence-electron chi connectivity index (χ4n) is 2.46. The Labute approximate surface area is 141 Å². The van der Waals surface area contributed by atoms with Gasteiger partial charge >= 0.3 is 0 Å². The van der Waals surface area contributed by atoms with Crippen molar-refractivity contribution in [3.63, 3.8) is 0 Å². The molecular formula is C18H32N2OS.